The number of hydrogen-bond donors (Lipinski definition) is 0. The Morgan fingerprint density at radius 2 is 1.68 bits per heavy atom. The minimum atomic E-state index is -1.15. The zero-order valence-corrected chi connectivity index (χ0v) is 18.2. The van der Waals surface area contributed by atoms with E-state index in [1.165, 1.54) is 0 Å². The Labute approximate surface area is 188 Å². The predicted molar refractivity (Wildman–Crippen MR) is 105 cm³/mol. The molecule has 136 valence electrons. The number of hydrogen-bond acceptors (Lipinski definition) is 3. The van der Waals surface area contributed by atoms with Crippen molar-refractivity contribution in [2.75, 3.05) is 0 Å². The van der Waals surface area contributed by atoms with Crippen LogP contribution in [0, 0.1) is 6.92 Å². The summed E-state index contributed by atoms with van der Waals surface area (Å²) in [6, 6.07) is 22.9. The van der Waals surface area contributed by atoms with Crippen molar-refractivity contribution < 1.29 is 44.2 Å². The largest absolute Gasteiger partial charge is 1.00 e. The standard InChI is InChI=1S/C24H22O3.Na/c1-18-9-7-14-21(23(18)27-17-19-10-3-2-4-11-19)15-8-13-20-12-5-6-16-22(20)24(25)26;/h2-12,14-16H,13,17H2,1H3,(H,25,26);/q;+1/p-1. The van der Waals surface area contributed by atoms with Crippen molar-refractivity contribution in [1.29, 1.82) is 0 Å². The zero-order chi connectivity index (χ0) is 19.1. The van der Waals surface area contributed by atoms with Crippen molar-refractivity contribution in [2.24, 2.45) is 0 Å². The van der Waals surface area contributed by atoms with Gasteiger partial charge in [0.05, 0.1) is 5.97 Å². The van der Waals surface area contributed by atoms with Gasteiger partial charge in [0.1, 0.15) is 12.4 Å². The summed E-state index contributed by atoms with van der Waals surface area (Å²) in [7, 11) is 0. The van der Waals surface area contributed by atoms with Gasteiger partial charge < -0.3 is 14.6 Å². The van der Waals surface area contributed by atoms with Crippen molar-refractivity contribution in [3.05, 3.63) is 107 Å². The van der Waals surface area contributed by atoms with Crippen LogP contribution in [0.15, 0.2) is 78.9 Å². The average molecular weight is 380 g/mol. The first-order valence-electron chi connectivity index (χ1n) is 8.87. The van der Waals surface area contributed by atoms with Crippen LogP contribution < -0.4 is 39.4 Å². The zero-order valence-electron chi connectivity index (χ0n) is 16.2. The fraction of sp³-hybridized carbons (Fsp3) is 0.125. The molecule has 0 saturated heterocycles. The van der Waals surface area contributed by atoms with E-state index in [1.54, 1.807) is 18.2 Å². The maximum absolute atomic E-state index is 11.2. The third kappa shape index (κ3) is 5.83. The van der Waals surface area contributed by atoms with E-state index in [2.05, 4.69) is 0 Å². The molecule has 0 atom stereocenters. The number of benzene rings is 3. The molecule has 0 amide bonds. The molecule has 0 saturated carbocycles. The summed E-state index contributed by atoms with van der Waals surface area (Å²) in [6.45, 7) is 2.52. The first kappa shape index (κ1) is 22.0. The Morgan fingerprint density at radius 3 is 2.43 bits per heavy atom. The molecule has 0 fully saturated rings. The Hall–Kier alpha value is -2.33. The maximum Gasteiger partial charge on any atom is 1.00 e. The molecule has 0 radical (unpaired) electrons. The van der Waals surface area contributed by atoms with Crippen LogP contribution in [-0.4, -0.2) is 5.97 Å². The predicted octanol–water partition coefficient (Wildman–Crippen LogP) is 1.20. The third-order valence-electron chi connectivity index (χ3n) is 4.34. The topological polar surface area (TPSA) is 49.4 Å². The number of para-hydroxylation sites is 1. The van der Waals surface area contributed by atoms with Gasteiger partial charge in [-0.3, -0.25) is 0 Å². The second-order valence-electron chi connectivity index (χ2n) is 6.32. The summed E-state index contributed by atoms with van der Waals surface area (Å²) < 4.78 is 6.06. The van der Waals surface area contributed by atoms with Crippen molar-refractivity contribution in [2.45, 2.75) is 20.0 Å². The first-order valence-corrected chi connectivity index (χ1v) is 8.87. The van der Waals surface area contributed by atoms with Gasteiger partial charge >= 0.3 is 29.6 Å². The fourth-order valence-corrected chi connectivity index (χ4v) is 2.94. The molecule has 3 nitrogen and oxygen atoms in total. The molecule has 0 heterocycles. The summed E-state index contributed by atoms with van der Waals surface area (Å²) in [5.74, 6) is -0.313. The summed E-state index contributed by atoms with van der Waals surface area (Å²) in [5, 5.41) is 11.2. The number of carbonyl (C=O) groups is 1. The number of carboxylic acid groups (broad SMARTS) is 1. The number of aryl methyl sites for hydroxylation is 1. The number of carboxylic acids is 1. The number of ether oxygens (including phenoxy) is 1. The van der Waals surface area contributed by atoms with Gasteiger partial charge in [-0.05, 0) is 30.0 Å². The molecule has 0 aliphatic rings. The van der Waals surface area contributed by atoms with Crippen LogP contribution >= 0.6 is 0 Å². The average Bonchev–Trinajstić information content (AvgIpc) is 2.68. The summed E-state index contributed by atoms with van der Waals surface area (Å²) in [5.41, 5.74) is 4.10. The molecule has 0 spiro atoms. The van der Waals surface area contributed by atoms with Crippen LogP contribution in [0.25, 0.3) is 6.08 Å². The van der Waals surface area contributed by atoms with Crippen molar-refractivity contribution in [3.8, 4) is 5.75 Å². The Balaban J connectivity index is 0.00000280. The van der Waals surface area contributed by atoms with E-state index in [1.807, 2.05) is 73.7 Å². The van der Waals surface area contributed by atoms with E-state index in [0.717, 1.165) is 28.0 Å². The van der Waals surface area contributed by atoms with Gasteiger partial charge in [0.15, 0.2) is 0 Å². The molecule has 0 aromatic heterocycles. The summed E-state index contributed by atoms with van der Waals surface area (Å²) >= 11 is 0. The molecule has 3 rings (SSSR count). The number of allylic oxidation sites excluding steroid dienone is 1. The molecule has 3 aromatic carbocycles. The van der Waals surface area contributed by atoms with Crippen LogP contribution in [0.5, 0.6) is 5.75 Å². The molecule has 0 bridgehead atoms. The monoisotopic (exact) mass is 380 g/mol. The molecule has 3 aromatic rings. The van der Waals surface area contributed by atoms with Gasteiger partial charge in [-0.15, -0.1) is 0 Å². The van der Waals surface area contributed by atoms with E-state index in [4.69, 9.17) is 4.74 Å². The number of rotatable bonds is 7. The van der Waals surface area contributed by atoms with Crippen LogP contribution in [0.2, 0.25) is 0 Å². The normalized spacial score (nSPS) is 10.5. The van der Waals surface area contributed by atoms with Crippen molar-refractivity contribution >= 4 is 12.0 Å². The molecule has 0 aliphatic heterocycles. The quantitative estimate of drug-likeness (QED) is 0.579. The van der Waals surface area contributed by atoms with Crippen molar-refractivity contribution in [1.82, 2.24) is 0 Å². The van der Waals surface area contributed by atoms with Crippen LogP contribution in [0.4, 0.5) is 0 Å². The Bertz CT molecular complexity index is 949. The van der Waals surface area contributed by atoms with Crippen molar-refractivity contribution in [3.63, 3.8) is 0 Å². The Morgan fingerprint density at radius 1 is 0.964 bits per heavy atom. The second-order valence-corrected chi connectivity index (χ2v) is 6.32. The minimum absolute atomic E-state index is 0. The van der Waals surface area contributed by atoms with Crippen LogP contribution in [0.1, 0.15) is 32.6 Å². The van der Waals surface area contributed by atoms with Gasteiger partial charge in [-0.2, -0.15) is 0 Å². The van der Waals surface area contributed by atoms with Gasteiger partial charge in [-0.1, -0.05) is 84.9 Å². The van der Waals surface area contributed by atoms with E-state index in [0.29, 0.717) is 13.0 Å². The molecule has 4 heteroatoms. The molecule has 0 unspecified atom stereocenters. The molecular formula is C24H21NaO3. The molecule has 0 N–H and O–H groups in total. The summed E-state index contributed by atoms with van der Waals surface area (Å²) in [6.07, 6.45) is 4.43. The number of aromatic carboxylic acids is 1. The van der Waals surface area contributed by atoms with Gasteiger partial charge in [0.2, 0.25) is 0 Å². The summed E-state index contributed by atoms with van der Waals surface area (Å²) in [4.78, 5) is 11.2. The third-order valence-corrected chi connectivity index (χ3v) is 4.34. The molecule has 0 aliphatic carbocycles. The van der Waals surface area contributed by atoms with E-state index < -0.39 is 5.97 Å². The van der Waals surface area contributed by atoms with Gasteiger partial charge in [0.25, 0.3) is 0 Å². The second kappa shape index (κ2) is 10.9. The van der Waals surface area contributed by atoms with E-state index in [9.17, 15) is 9.90 Å². The van der Waals surface area contributed by atoms with Gasteiger partial charge in [-0.25, -0.2) is 0 Å². The van der Waals surface area contributed by atoms with E-state index >= 15 is 0 Å². The maximum atomic E-state index is 11.2. The smallest absolute Gasteiger partial charge is 0.545 e. The molecular weight excluding hydrogens is 359 g/mol. The minimum Gasteiger partial charge on any atom is -0.545 e. The fourth-order valence-electron chi connectivity index (χ4n) is 2.94. The van der Waals surface area contributed by atoms with Crippen LogP contribution in [0.3, 0.4) is 0 Å². The van der Waals surface area contributed by atoms with Gasteiger partial charge in [0, 0.05) is 11.1 Å². The van der Waals surface area contributed by atoms with Crippen LogP contribution in [-0.2, 0) is 13.0 Å². The first-order chi connectivity index (χ1) is 13.1. The number of carbonyl (C=O) groups excluding carboxylic acids is 1. The SMILES string of the molecule is Cc1cccc(C=CCc2ccccc2C(=O)[O-])c1OCc1ccccc1.[Na+]. The van der Waals surface area contributed by atoms with E-state index in [-0.39, 0.29) is 35.1 Å². The Kier molecular flexibility index (Phi) is 8.52. The molecule has 28 heavy (non-hydrogen) atoms.